The second-order valence-corrected chi connectivity index (χ2v) is 5.13. The molecule has 21 heavy (non-hydrogen) atoms. The number of benzene rings is 2. The van der Waals surface area contributed by atoms with Gasteiger partial charge in [-0.15, -0.1) is 0 Å². The number of ether oxygens (including phenoxy) is 1. The van der Waals surface area contributed by atoms with E-state index < -0.39 is 0 Å². The van der Waals surface area contributed by atoms with Crippen LogP contribution in [0.15, 0.2) is 54.6 Å². The van der Waals surface area contributed by atoms with Gasteiger partial charge in [0.2, 0.25) is 0 Å². The molecule has 0 aromatic heterocycles. The molecule has 1 N–H and O–H groups in total. The van der Waals surface area contributed by atoms with Crippen LogP contribution in [0.25, 0.3) is 0 Å². The van der Waals surface area contributed by atoms with E-state index in [1.165, 1.54) is 7.11 Å². The summed E-state index contributed by atoms with van der Waals surface area (Å²) in [4.78, 5) is 12.2. The predicted octanol–water partition coefficient (Wildman–Crippen LogP) is 4.02. The third-order valence-corrected chi connectivity index (χ3v) is 3.72. The molecular weight excluding hydrogens is 282 g/mol. The molecule has 2 aromatic carbocycles. The van der Waals surface area contributed by atoms with E-state index in [4.69, 9.17) is 12.2 Å². The highest BCUT2D eigenvalue weighted by molar-refractivity contribution is 7.80. The molecule has 0 fully saturated rings. The molecular formula is C17H17NO2S. The number of carbonyl (C=O) groups excluding carboxylic acids is 1. The fraction of sp³-hybridized carbons (Fsp3) is 0.176. The predicted molar refractivity (Wildman–Crippen MR) is 88.9 cm³/mol. The highest BCUT2D eigenvalue weighted by Crippen LogP contribution is 2.20. The molecule has 0 heterocycles. The van der Waals surface area contributed by atoms with Crippen LogP contribution in [-0.4, -0.2) is 18.1 Å². The van der Waals surface area contributed by atoms with E-state index in [0.29, 0.717) is 5.56 Å². The van der Waals surface area contributed by atoms with Gasteiger partial charge in [-0.3, -0.25) is 0 Å². The minimum atomic E-state index is -0.334. The van der Waals surface area contributed by atoms with Crippen molar-refractivity contribution in [2.45, 2.75) is 12.8 Å². The standard InChI is InChI=1S/C17H17NO2S/c1-12(16(21)18-15-6-4-3-5-7-15)13-8-10-14(11-9-13)17(19)20-2/h3-12H,1-2H3,(H,18,21). The van der Waals surface area contributed by atoms with Crippen molar-refractivity contribution in [3.63, 3.8) is 0 Å². The van der Waals surface area contributed by atoms with Crippen molar-refractivity contribution in [1.82, 2.24) is 0 Å². The Labute approximate surface area is 129 Å². The largest absolute Gasteiger partial charge is 0.465 e. The molecule has 0 amide bonds. The van der Waals surface area contributed by atoms with Gasteiger partial charge in [0.1, 0.15) is 0 Å². The Balaban J connectivity index is 2.07. The Morgan fingerprint density at radius 1 is 1.10 bits per heavy atom. The molecule has 4 heteroatoms. The van der Waals surface area contributed by atoms with Crippen molar-refractivity contribution in [1.29, 1.82) is 0 Å². The average Bonchev–Trinajstić information content (AvgIpc) is 2.54. The molecule has 108 valence electrons. The van der Waals surface area contributed by atoms with Gasteiger partial charge in [-0.1, -0.05) is 49.5 Å². The van der Waals surface area contributed by atoms with Gasteiger partial charge in [0, 0.05) is 11.6 Å². The summed E-state index contributed by atoms with van der Waals surface area (Å²) in [6.45, 7) is 2.03. The van der Waals surface area contributed by atoms with E-state index in [9.17, 15) is 4.79 Å². The first-order valence-corrected chi connectivity index (χ1v) is 7.07. The van der Waals surface area contributed by atoms with Crippen molar-refractivity contribution >= 4 is 28.9 Å². The molecule has 1 unspecified atom stereocenters. The van der Waals surface area contributed by atoms with Crippen LogP contribution in [0.1, 0.15) is 28.8 Å². The number of thiocarbonyl (C=S) groups is 1. The number of para-hydroxylation sites is 1. The smallest absolute Gasteiger partial charge is 0.337 e. The SMILES string of the molecule is COC(=O)c1ccc(C(C)C(=S)Nc2ccccc2)cc1. The van der Waals surface area contributed by atoms with Gasteiger partial charge in [0.05, 0.1) is 17.7 Å². The lowest BCUT2D eigenvalue weighted by atomic mass is 9.99. The molecule has 0 radical (unpaired) electrons. The van der Waals surface area contributed by atoms with Crippen molar-refractivity contribution in [3.8, 4) is 0 Å². The van der Waals surface area contributed by atoms with E-state index in [-0.39, 0.29) is 11.9 Å². The third kappa shape index (κ3) is 3.89. The number of nitrogens with one attached hydrogen (secondary N) is 1. The molecule has 2 aromatic rings. The first-order chi connectivity index (χ1) is 10.1. The molecule has 0 bridgehead atoms. The fourth-order valence-corrected chi connectivity index (χ4v) is 2.20. The van der Waals surface area contributed by atoms with Gasteiger partial charge in [-0.05, 0) is 29.8 Å². The Morgan fingerprint density at radius 3 is 2.29 bits per heavy atom. The molecule has 2 rings (SSSR count). The maximum Gasteiger partial charge on any atom is 0.337 e. The minimum absolute atomic E-state index is 0.0619. The Bertz CT molecular complexity index is 623. The summed E-state index contributed by atoms with van der Waals surface area (Å²) in [6, 6.07) is 17.1. The fourth-order valence-electron chi connectivity index (χ4n) is 1.95. The van der Waals surface area contributed by atoms with Gasteiger partial charge < -0.3 is 10.1 Å². The first kappa shape index (κ1) is 15.2. The molecule has 0 saturated carbocycles. The zero-order valence-electron chi connectivity index (χ0n) is 12.0. The number of anilines is 1. The average molecular weight is 299 g/mol. The van der Waals surface area contributed by atoms with Crippen LogP contribution in [0, 0.1) is 0 Å². The van der Waals surface area contributed by atoms with E-state index in [1.54, 1.807) is 12.1 Å². The molecule has 3 nitrogen and oxygen atoms in total. The number of carbonyl (C=O) groups is 1. The van der Waals surface area contributed by atoms with Gasteiger partial charge in [0.15, 0.2) is 0 Å². The Hall–Kier alpha value is -2.20. The van der Waals surface area contributed by atoms with E-state index >= 15 is 0 Å². The normalized spacial score (nSPS) is 11.5. The van der Waals surface area contributed by atoms with Crippen LogP contribution in [0.4, 0.5) is 5.69 Å². The zero-order chi connectivity index (χ0) is 15.2. The minimum Gasteiger partial charge on any atom is -0.465 e. The van der Waals surface area contributed by atoms with Crippen LogP contribution >= 0.6 is 12.2 Å². The summed E-state index contributed by atoms with van der Waals surface area (Å²) in [5.41, 5.74) is 2.56. The number of hydrogen-bond donors (Lipinski definition) is 1. The first-order valence-electron chi connectivity index (χ1n) is 6.66. The number of rotatable bonds is 4. The third-order valence-electron chi connectivity index (χ3n) is 3.27. The van der Waals surface area contributed by atoms with Gasteiger partial charge in [0.25, 0.3) is 0 Å². The van der Waals surface area contributed by atoms with E-state index in [2.05, 4.69) is 10.1 Å². The molecule has 0 spiro atoms. The summed E-state index contributed by atoms with van der Waals surface area (Å²) >= 11 is 5.45. The monoisotopic (exact) mass is 299 g/mol. The summed E-state index contributed by atoms with van der Waals surface area (Å²) in [6.07, 6.45) is 0. The van der Waals surface area contributed by atoms with Crippen molar-refractivity contribution in [2.75, 3.05) is 12.4 Å². The van der Waals surface area contributed by atoms with Crippen LogP contribution in [-0.2, 0) is 4.74 Å². The van der Waals surface area contributed by atoms with Crippen molar-refractivity contribution < 1.29 is 9.53 Å². The van der Waals surface area contributed by atoms with E-state index in [0.717, 1.165) is 16.2 Å². The maximum atomic E-state index is 11.4. The van der Waals surface area contributed by atoms with Crippen LogP contribution in [0.3, 0.4) is 0 Å². The quantitative estimate of drug-likeness (QED) is 0.683. The summed E-state index contributed by atoms with van der Waals surface area (Å²) < 4.78 is 4.69. The summed E-state index contributed by atoms with van der Waals surface area (Å²) in [7, 11) is 1.37. The Kier molecular flexibility index (Phi) is 5.06. The number of hydrogen-bond acceptors (Lipinski definition) is 3. The Morgan fingerprint density at radius 2 is 1.71 bits per heavy atom. The molecule has 0 aliphatic rings. The lowest BCUT2D eigenvalue weighted by molar-refractivity contribution is 0.0600. The summed E-state index contributed by atoms with van der Waals surface area (Å²) in [5.74, 6) is -0.272. The van der Waals surface area contributed by atoms with Crippen LogP contribution in [0.5, 0.6) is 0 Å². The second-order valence-electron chi connectivity index (χ2n) is 4.69. The summed E-state index contributed by atoms with van der Waals surface area (Å²) in [5, 5.41) is 3.23. The van der Waals surface area contributed by atoms with Gasteiger partial charge in [-0.2, -0.15) is 0 Å². The second kappa shape index (κ2) is 6.99. The molecule has 0 saturated heterocycles. The van der Waals surface area contributed by atoms with Gasteiger partial charge in [-0.25, -0.2) is 4.79 Å². The lowest BCUT2D eigenvalue weighted by Gasteiger charge is -2.16. The highest BCUT2D eigenvalue weighted by Gasteiger charge is 2.13. The zero-order valence-corrected chi connectivity index (χ0v) is 12.8. The van der Waals surface area contributed by atoms with Crippen LogP contribution in [0.2, 0.25) is 0 Å². The van der Waals surface area contributed by atoms with Crippen LogP contribution < -0.4 is 5.32 Å². The van der Waals surface area contributed by atoms with Crippen molar-refractivity contribution in [2.24, 2.45) is 0 Å². The highest BCUT2D eigenvalue weighted by atomic mass is 32.1. The maximum absolute atomic E-state index is 11.4. The lowest BCUT2D eigenvalue weighted by Crippen LogP contribution is -2.16. The number of methoxy groups -OCH3 is 1. The molecule has 1 atom stereocenters. The molecule has 0 aliphatic heterocycles. The topological polar surface area (TPSA) is 38.3 Å². The van der Waals surface area contributed by atoms with Crippen molar-refractivity contribution in [3.05, 3.63) is 65.7 Å². The molecule has 0 aliphatic carbocycles. The van der Waals surface area contributed by atoms with E-state index in [1.807, 2.05) is 49.4 Å². The number of esters is 1. The van der Waals surface area contributed by atoms with Gasteiger partial charge >= 0.3 is 5.97 Å².